The number of anilines is 4. The topological polar surface area (TPSA) is 62.7 Å². The third-order valence-corrected chi connectivity index (χ3v) is 3.98. The average Bonchev–Trinajstić information content (AvgIpc) is 2.51. The molecule has 0 aliphatic heterocycles. The molecular formula is C17H15Cl2N5. The van der Waals surface area contributed by atoms with Crippen molar-refractivity contribution in [1.82, 2.24) is 15.2 Å². The Balaban J connectivity index is 1.82. The van der Waals surface area contributed by atoms with E-state index in [1.807, 2.05) is 19.1 Å². The normalized spacial score (nSPS) is 10.5. The van der Waals surface area contributed by atoms with Gasteiger partial charge in [0.05, 0.1) is 6.20 Å². The molecule has 0 aliphatic rings. The molecule has 24 heavy (non-hydrogen) atoms. The predicted octanol–water partition coefficient (Wildman–Crippen LogP) is 5.28. The SMILES string of the molecule is Cc1cccc(Nc2nncc(Nc3cc(Cl)cc(Cl)c3)n2)c1C. The van der Waals surface area contributed by atoms with Gasteiger partial charge in [0.2, 0.25) is 5.95 Å². The van der Waals surface area contributed by atoms with Crippen LogP contribution in [0.15, 0.2) is 42.6 Å². The fourth-order valence-corrected chi connectivity index (χ4v) is 2.72. The molecule has 0 amide bonds. The van der Waals surface area contributed by atoms with Gasteiger partial charge in [0.1, 0.15) is 0 Å². The van der Waals surface area contributed by atoms with Crippen molar-refractivity contribution in [2.24, 2.45) is 0 Å². The Morgan fingerprint density at radius 3 is 2.46 bits per heavy atom. The number of hydrogen-bond donors (Lipinski definition) is 2. The second-order valence-electron chi connectivity index (χ2n) is 5.32. The van der Waals surface area contributed by atoms with Crippen LogP contribution >= 0.6 is 23.2 Å². The summed E-state index contributed by atoms with van der Waals surface area (Å²) in [5, 5.41) is 15.4. The molecule has 7 heteroatoms. The van der Waals surface area contributed by atoms with Crippen LogP contribution in [0.1, 0.15) is 11.1 Å². The lowest BCUT2D eigenvalue weighted by molar-refractivity contribution is 0.981. The number of aromatic nitrogens is 3. The zero-order valence-corrected chi connectivity index (χ0v) is 14.7. The van der Waals surface area contributed by atoms with E-state index in [9.17, 15) is 0 Å². The summed E-state index contributed by atoms with van der Waals surface area (Å²) in [7, 11) is 0. The van der Waals surface area contributed by atoms with Crippen molar-refractivity contribution in [2.45, 2.75) is 13.8 Å². The molecule has 2 aromatic carbocycles. The minimum Gasteiger partial charge on any atom is -0.339 e. The molecule has 0 saturated carbocycles. The summed E-state index contributed by atoms with van der Waals surface area (Å²) in [4.78, 5) is 4.41. The van der Waals surface area contributed by atoms with E-state index < -0.39 is 0 Å². The molecule has 2 N–H and O–H groups in total. The van der Waals surface area contributed by atoms with Crippen LogP contribution in [-0.2, 0) is 0 Å². The Kier molecular flexibility index (Phi) is 4.83. The summed E-state index contributed by atoms with van der Waals surface area (Å²) in [6.45, 7) is 4.10. The zero-order chi connectivity index (χ0) is 17.1. The van der Waals surface area contributed by atoms with Gasteiger partial charge in [-0.15, -0.1) is 5.10 Å². The lowest BCUT2D eigenvalue weighted by Crippen LogP contribution is -2.03. The molecule has 0 aliphatic carbocycles. The van der Waals surface area contributed by atoms with Crippen molar-refractivity contribution in [2.75, 3.05) is 10.6 Å². The Labute approximate surface area is 150 Å². The molecule has 0 radical (unpaired) electrons. The molecule has 3 aromatic rings. The smallest absolute Gasteiger partial charge is 0.249 e. The van der Waals surface area contributed by atoms with E-state index >= 15 is 0 Å². The lowest BCUT2D eigenvalue weighted by Gasteiger charge is -2.11. The standard InChI is InChI=1S/C17H15Cl2N5/c1-10-4-3-5-15(11(10)2)22-17-23-16(9-20-24-17)21-14-7-12(18)6-13(19)8-14/h3-9H,1-2H3,(H2,21,22,23,24). The minimum absolute atomic E-state index is 0.404. The van der Waals surface area contributed by atoms with Crippen molar-refractivity contribution in [3.05, 3.63) is 63.8 Å². The number of hydrogen-bond acceptors (Lipinski definition) is 5. The van der Waals surface area contributed by atoms with E-state index in [1.165, 1.54) is 11.8 Å². The van der Waals surface area contributed by atoms with Gasteiger partial charge < -0.3 is 10.6 Å². The third kappa shape index (κ3) is 3.93. The molecule has 1 heterocycles. The maximum atomic E-state index is 6.00. The lowest BCUT2D eigenvalue weighted by atomic mass is 10.1. The van der Waals surface area contributed by atoms with Crippen LogP contribution < -0.4 is 10.6 Å². The van der Waals surface area contributed by atoms with Crippen LogP contribution in [0.5, 0.6) is 0 Å². The number of benzene rings is 2. The van der Waals surface area contributed by atoms with Gasteiger partial charge in [-0.2, -0.15) is 10.1 Å². The first-order chi connectivity index (χ1) is 11.5. The summed E-state index contributed by atoms with van der Waals surface area (Å²) < 4.78 is 0. The number of halogens is 2. The van der Waals surface area contributed by atoms with Gasteiger partial charge in [-0.05, 0) is 49.2 Å². The molecule has 0 spiro atoms. The minimum atomic E-state index is 0.404. The highest BCUT2D eigenvalue weighted by Gasteiger charge is 2.06. The van der Waals surface area contributed by atoms with Crippen LogP contribution in [0.3, 0.4) is 0 Å². The molecule has 0 saturated heterocycles. The van der Waals surface area contributed by atoms with Crippen LogP contribution in [0.2, 0.25) is 10.0 Å². The van der Waals surface area contributed by atoms with Gasteiger partial charge in [0.15, 0.2) is 5.82 Å². The Hall–Kier alpha value is -2.37. The third-order valence-electron chi connectivity index (χ3n) is 3.54. The van der Waals surface area contributed by atoms with Crippen LogP contribution in [0, 0.1) is 13.8 Å². The predicted molar refractivity (Wildman–Crippen MR) is 98.8 cm³/mol. The molecule has 1 aromatic heterocycles. The second kappa shape index (κ2) is 7.03. The average molecular weight is 360 g/mol. The maximum Gasteiger partial charge on any atom is 0.249 e. The van der Waals surface area contributed by atoms with E-state index in [0.717, 1.165) is 16.9 Å². The van der Waals surface area contributed by atoms with Crippen LogP contribution in [0.4, 0.5) is 23.1 Å². The van der Waals surface area contributed by atoms with Crippen molar-refractivity contribution >= 4 is 46.3 Å². The Morgan fingerprint density at radius 2 is 1.71 bits per heavy atom. The first-order valence-corrected chi connectivity index (χ1v) is 8.03. The van der Waals surface area contributed by atoms with Gasteiger partial charge in [-0.25, -0.2) is 0 Å². The van der Waals surface area contributed by atoms with Gasteiger partial charge in [-0.3, -0.25) is 0 Å². The van der Waals surface area contributed by atoms with Crippen molar-refractivity contribution in [3.63, 3.8) is 0 Å². The van der Waals surface area contributed by atoms with Crippen LogP contribution in [0.25, 0.3) is 0 Å². The first kappa shape index (κ1) is 16.5. The largest absolute Gasteiger partial charge is 0.339 e. The summed E-state index contributed by atoms with van der Waals surface area (Å²) in [5.41, 5.74) is 4.00. The van der Waals surface area contributed by atoms with E-state index in [-0.39, 0.29) is 0 Å². The van der Waals surface area contributed by atoms with Gasteiger partial charge >= 0.3 is 0 Å². The van der Waals surface area contributed by atoms with Gasteiger partial charge in [0.25, 0.3) is 0 Å². The molecular weight excluding hydrogens is 345 g/mol. The molecule has 122 valence electrons. The Morgan fingerprint density at radius 1 is 0.958 bits per heavy atom. The fourth-order valence-electron chi connectivity index (χ4n) is 2.20. The van der Waals surface area contributed by atoms with E-state index in [4.69, 9.17) is 23.2 Å². The zero-order valence-electron chi connectivity index (χ0n) is 13.1. The van der Waals surface area contributed by atoms with Gasteiger partial charge in [-0.1, -0.05) is 35.3 Å². The highest BCUT2D eigenvalue weighted by molar-refractivity contribution is 6.35. The number of nitrogens with zero attached hydrogens (tertiary/aromatic N) is 3. The second-order valence-corrected chi connectivity index (χ2v) is 6.19. The summed E-state index contributed by atoms with van der Waals surface area (Å²) >= 11 is 12.0. The number of aryl methyl sites for hydroxylation is 1. The van der Waals surface area contributed by atoms with E-state index in [0.29, 0.717) is 21.8 Å². The Bertz CT molecular complexity index is 862. The van der Waals surface area contributed by atoms with E-state index in [2.05, 4.69) is 38.8 Å². The highest BCUT2D eigenvalue weighted by Crippen LogP contribution is 2.25. The molecule has 0 unspecified atom stereocenters. The van der Waals surface area contributed by atoms with Crippen molar-refractivity contribution in [1.29, 1.82) is 0 Å². The van der Waals surface area contributed by atoms with Crippen molar-refractivity contribution < 1.29 is 0 Å². The van der Waals surface area contributed by atoms with Crippen LogP contribution in [-0.4, -0.2) is 15.2 Å². The maximum absolute atomic E-state index is 6.00. The summed E-state index contributed by atoms with van der Waals surface area (Å²) in [6.07, 6.45) is 1.53. The number of rotatable bonds is 4. The first-order valence-electron chi connectivity index (χ1n) is 7.27. The summed E-state index contributed by atoms with van der Waals surface area (Å²) in [5.74, 6) is 0.943. The highest BCUT2D eigenvalue weighted by atomic mass is 35.5. The van der Waals surface area contributed by atoms with Crippen molar-refractivity contribution in [3.8, 4) is 0 Å². The quantitative estimate of drug-likeness (QED) is 0.663. The van der Waals surface area contributed by atoms with Gasteiger partial charge in [0, 0.05) is 21.4 Å². The number of nitrogens with one attached hydrogen (secondary N) is 2. The van der Waals surface area contributed by atoms with E-state index in [1.54, 1.807) is 18.2 Å². The molecule has 0 bridgehead atoms. The molecule has 5 nitrogen and oxygen atoms in total. The fraction of sp³-hybridized carbons (Fsp3) is 0.118. The summed E-state index contributed by atoms with van der Waals surface area (Å²) in [6, 6.07) is 11.2. The monoisotopic (exact) mass is 359 g/mol. The molecule has 3 rings (SSSR count). The molecule has 0 fully saturated rings. The molecule has 0 atom stereocenters.